The summed E-state index contributed by atoms with van der Waals surface area (Å²) in [6.07, 6.45) is 0. The number of likely N-dealkylation sites (N-methyl/N-ethyl adjacent to an activating group) is 1. The molecule has 5 nitrogen and oxygen atoms in total. The van der Waals surface area contributed by atoms with Gasteiger partial charge in [0.05, 0.1) is 13.2 Å². The molecule has 0 aromatic heterocycles. The van der Waals surface area contributed by atoms with Crippen molar-refractivity contribution in [3.63, 3.8) is 0 Å². The lowest BCUT2D eigenvalue weighted by Gasteiger charge is -2.36. The normalized spacial score (nSPS) is 15.6. The summed E-state index contributed by atoms with van der Waals surface area (Å²) in [4.78, 5) is 18.1. The quantitative estimate of drug-likeness (QED) is 0.878. The molecule has 1 aromatic carbocycles. The second-order valence-corrected chi connectivity index (χ2v) is 5.75. The van der Waals surface area contributed by atoms with Gasteiger partial charge in [-0.3, -0.25) is 9.69 Å². The molecular weight excluding hydrogens is 290 g/mol. The van der Waals surface area contributed by atoms with E-state index in [9.17, 15) is 4.79 Å². The van der Waals surface area contributed by atoms with E-state index in [0.29, 0.717) is 13.1 Å². The standard InChI is InChI=1S/C15H22ClN3O2/c1-17(9-10-20)12-15(21)19-7-5-18(6-8-19)14-4-2-3-13(16)11-14/h2-4,11,20H,5-10,12H2,1H3. The van der Waals surface area contributed by atoms with Crippen molar-refractivity contribution in [1.82, 2.24) is 9.80 Å². The highest BCUT2D eigenvalue weighted by molar-refractivity contribution is 6.30. The van der Waals surface area contributed by atoms with Crippen molar-refractivity contribution >= 4 is 23.2 Å². The molecule has 0 aliphatic carbocycles. The first kappa shape index (κ1) is 16.1. The van der Waals surface area contributed by atoms with Gasteiger partial charge in [-0.1, -0.05) is 17.7 Å². The first-order valence-corrected chi connectivity index (χ1v) is 7.55. The van der Waals surface area contributed by atoms with Crippen LogP contribution < -0.4 is 4.90 Å². The number of carbonyl (C=O) groups excluding carboxylic acids is 1. The Labute approximate surface area is 130 Å². The summed E-state index contributed by atoms with van der Waals surface area (Å²) in [6.45, 7) is 4.03. The highest BCUT2D eigenvalue weighted by Gasteiger charge is 2.21. The molecule has 0 bridgehead atoms. The topological polar surface area (TPSA) is 47.0 Å². The summed E-state index contributed by atoms with van der Waals surface area (Å²) in [6, 6.07) is 7.80. The molecule has 0 spiro atoms. The van der Waals surface area contributed by atoms with Crippen LogP contribution in [0.3, 0.4) is 0 Å². The van der Waals surface area contributed by atoms with Crippen LogP contribution in [0.1, 0.15) is 0 Å². The van der Waals surface area contributed by atoms with Crippen LogP contribution in [0.5, 0.6) is 0 Å². The van der Waals surface area contributed by atoms with Crippen LogP contribution in [0.15, 0.2) is 24.3 Å². The van der Waals surface area contributed by atoms with Crippen molar-refractivity contribution in [3.05, 3.63) is 29.3 Å². The van der Waals surface area contributed by atoms with Crippen LogP contribution in [-0.4, -0.2) is 73.7 Å². The molecule has 1 aliphatic heterocycles. The van der Waals surface area contributed by atoms with E-state index in [1.165, 1.54) is 0 Å². The third-order valence-electron chi connectivity index (χ3n) is 3.69. The third kappa shape index (κ3) is 4.59. The van der Waals surface area contributed by atoms with E-state index >= 15 is 0 Å². The maximum absolute atomic E-state index is 12.1. The smallest absolute Gasteiger partial charge is 0.236 e. The predicted octanol–water partition coefficient (Wildman–Crippen LogP) is 0.913. The second kappa shape index (κ2) is 7.64. The van der Waals surface area contributed by atoms with Gasteiger partial charge in [0, 0.05) is 43.4 Å². The van der Waals surface area contributed by atoms with Crippen molar-refractivity contribution in [2.24, 2.45) is 0 Å². The molecular formula is C15H22ClN3O2. The molecule has 1 saturated heterocycles. The number of nitrogens with zero attached hydrogens (tertiary/aromatic N) is 3. The Morgan fingerprint density at radius 1 is 1.33 bits per heavy atom. The van der Waals surface area contributed by atoms with Crippen molar-refractivity contribution in [2.45, 2.75) is 0 Å². The predicted molar refractivity (Wildman–Crippen MR) is 84.8 cm³/mol. The molecule has 1 aromatic rings. The van der Waals surface area contributed by atoms with E-state index in [-0.39, 0.29) is 12.5 Å². The number of piperazine rings is 1. The first-order chi connectivity index (χ1) is 10.1. The van der Waals surface area contributed by atoms with Gasteiger partial charge < -0.3 is 14.9 Å². The first-order valence-electron chi connectivity index (χ1n) is 7.18. The van der Waals surface area contributed by atoms with Gasteiger partial charge in [0.15, 0.2) is 0 Å². The fourth-order valence-electron chi connectivity index (χ4n) is 2.47. The second-order valence-electron chi connectivity index (χ2n) is 5.31. The highest BCUT2D eigenvalue weighted by Crippen LogP contribution is 2.20. The van der Waals surface area contributed by atoms with Crippen LogP contribution in [0, 0.1) is 0 Å². The number of aliphatic hydroxyl groups is 1. The van der Waals surface area contributed by atoms with Crippen LogP contribution in [0.4, 0.5) is 5.69 Å². The molecule has 116 valence electrons. The van der Waals surface area contributed by atoms with Gasteiger partial charge in [-0.15, -0.1) is 0 Å². The minimum atomic E-state index is 0.0757. The Morgan fingerprint density at radius 3 is 2.67 bits per heavy atom. The fraction of sp³-hybridized carbons (Fsp3) is 0.533. The zero-order chi connectivity index (χ0) is 15.2. The lowest BCUT2D eigenvalue weighted by molar-refractivity contribution is -0.132. The summed E-state index contributed by atoms with van der Waals surface area (Å²) in [5.41, 5.74) is 1.10. The molecule has 1 aliphatic rings. The van der Waals surface area contributed by atoms with Gasteiger partial charge in [-0.05, 0) is 25.2 Å². The molecule has 0 unspecified atom stereocenters. The van der Waals surface area contributed by atoms with E-state index in [1.54, 1.807) is 0 Å². The zero-order valence-electron chi connectivity index (χ0n) is 12.3. The maximum atomic E-state index is 12.1. The van der Waals surface area contributed by atoms with Crippen molar-refractivity contribution in [2.75, 3.05) is 57.8 Å². The van der Waals surface area contributed by atoms with Gasteiger partial charge in [0.2, 0.25) is 5.91 Å². The van der Waals surface area contributed by atoms with Gasteiger partial charge in [-0.2, -0.15) is 0 Å². The molecule has 0 atom stereocenters. The average Bonchev–Trinajstić information content (AvgIpc) is 2.47. The van der Waals surface area contributed by atoms with Crippen LogP contribution in [0.2, 0.25) is 5.02 Å². The van der Waals surface area contributed by atoms with Gasteiger partial charge in [0.1, 0.15) is 0 Å². The Balaban J connectivity index is 1.84. The molecule has 0 saturated carbocycles. The van der Waals surface area contributed by atoms with E-state index in [1.807, 2.05) is 41.1 Å². The molecule has 0 radical (unpaired) electrons. The van der Waals surface area contributed by atoms with Crippen LogP contribution in [-0.2, 0) is 4.79 Å². The monoisotopic (exact) mass is 311 g/mol. The molecule has 1 fully saturated rings. The van der Waals surface area contributed by atoms with Gasteiger partial charge in [0.25, 0.3) is 0 Å². The summed E-state index contributed by atoms with van der Waals surface area (Å²) in [7, 11) is 1.84. The maximum Gasteiger partial charge on any atom is 0.236 e. The Kier molecular flexibility index (Phi) is 5.85. The van der Waals surface area contributed by atoms with E-state index in [4.69, 9.17) is 16.7 Å². The molecule has 1 heterocycles. The third-order valence-corrected chi connectivity index (χ3v) is 3.93. The number of aliphatic hydroxyl groups excluding tert-OH is 1. The number of halogens is 1. The lowest BCUT2D eigenvalue weighted by Crippen LogP contribution is -2.51. The Bertz CT molecular complexity index is 476. The average molecular weight is 312 g/mol. The Morgan fingerprint density at radius 2 is 2.05 bits per heavy atom. The number of rotatable bonds is 5. The molecule has 1 N–H and O–H groups in total. The van der Waals surface area contributed by atoms with Gasteiger partial charge in [-0.25, -0.2) is 0 Å². The minimum Gasteiger partial charge on any atom is -0.395 e. The van der Waals surface area contributed by atoms with E-state index in [0.717, 1.165) is 36.9 Å². The number of amides is 1. The van der Waals surface area contributed by atoms with E-state index in [2.05, 4.69) is 4.90 Å². The molecule has 1 amide bonds. The van der Waals surface area contributed by atoms with E-state index < -0.39 is 0 Å². The molecule has 2 rings (SSSR count). The number of benzene rings is 1. The molecule has 21 heavy (non-hydrogen) atoms. The van der Waals surface area contributed by atoms with Crippen LogP contribution >= 0.6 is 11.6 Å². The SMILES string of the molecule is CN(CCO)CC(=O)N1CCN(c2cccc(Cl)c2)CC1. The largest absolute Gasteiger partial charge is 0.395 e. The van der Waals surface area contributed by atoms with Crippen molar-refractivity contribution in [1.29, 1.82) is 0 Å². The number of carbonyl (C=O) groups is 1. The number of anilines is 1. The summed E-state index contributed by atoms with van der Waals surface area (Å²) in [5.74, 6) is 0.122. The van der Waals surface area contributed by atoms with Crippen molar-refractivity contribution in [3.8, 4) is 0 Å². The molecule has 6 heteroatoms. The minimum absolute atomic E-state index is 0.0757. The highest BCUT2D eigenvalue weighted by atomic mass is 35.5. The summed E-state index contributed by atoms with van der Waals surface area (Å²) in [5, 5.41) is 9.59. The fourth-order valence-corrected chi connectivity index (χ4v) is 2.65. The Hall–Kier alpha value is -1.30. The summed E-state index contributed by atoms with van der Waals surface area (Å²) >= 11 is 6.01. The summed E-state index contributed by atoms with van der Waals surface area (Å²) < 4.78 is 0. The zero-order valence-corrected chi connectivity index (χ0v) is 13.1. The van der Waals surface area contributed by atoms with Gasteiger partial charge >= 0.3 is 0 Å². The number of hydrogen-bond acceptors (Lipinski definition) is 4. The number of hydrogen-bond donors (Lipinski definition) is 1. The van der Waals surface area contributed by atoms with Crippen molar-refractivity contribution < 1.29 is 9.90 Å². The van der Waals surface area contributed by atoms with Crippen LogP contribution in [0.25, 0.3) is 0 Å². The lowest BCUT2D eigenvalue weighted by atomic mass is 10.2.